The molecule has 0 atom stereocenters. The number of ether oxygens (including phenoxy) is 1. The van der Waals surface area contributed by atoms with Gasteiger partial charge in [0.05, 0.1) is 12.8 Å². The van der Waals surface area contributed by atoms with E-state index < -0.39 is 11.5 Å². The van der Waals surface area contributed by atoms with Crippen molar-refractivity contribution in [3.63, 3.8) is 0 Å². The Kier molecular flexibility index (Phi) is 5.27. The summed E-state index contributed by atoms with van der Waals surface area (Å²) in [7, 11) is 1.27. The highest BCUT2D eigenvalue weighted by molar-refractivity contribution is 7.19. The molecule has 0 spiro atoms. The van der Waals surface area contributed by atoms with Crippen LogP contribution in [0.5, 0.6) is 5.75 Å². The lowest BCUT2D eigenvalue weighted by molar-refractivity contribution is 0.0991. The molecular weight excluding hydrogens is 336 g/mol. The fraction of sp³-hybridized carbons (Fsp3) is 0.154. The number of hydrogen-bond donors (Lipinski definition) is 4. The average Bonchev–Trinajstić information content (AvgIpc) is 2.94. The summed E-state index contributed by atoms with van der Waals surface area (Å²) < 4.78 is 9.63. The third kappa shape index (κ3) is 3.95. The van der Waals surface area contributed by atoms with Gasteiger partial charge in [-0.1, -0.05) is 11.3 Å². The smallest absolute Gasteiger partial charge is 0.381 e. The first kappa shape index (κ1) is 17.1. The highest BCUT2D eigenvalue weighted by Gasteiger charge is 2.17. The molecule has 11 heteroatoms. The molecule has 0 saturated heterocycles. The van der Waals surface area contributed by atoms with Gasteiger partial charge >= 0.3 is 5.63 Å². The number of methoxy groups -OCH3 is 1. The molecule has 24 heavy (non-hydrogen) atoms. The topological polar surface area (TPSA) is 156 Å². The van der Waals surface area contributed by atoms with Gasteiger partial charge in [0.15, 0.2) is 5.76 Å². The normalized spacial score (nSPS) is 11.0. The number of nitrogens with two attached hydrogens (primary N) is 1. The van der Waals surface area contributed by atoms with Crippen molar-refractivity contribution >= 4 is 39.4 Å². The molecule has 0 aliphatic carbocycles. The van der Waals surface area contributed by atoms with Crippen LogP contribution in [0.25, 0.3) is 0 Å². The fourth-order valence-electron chi connectivity index (χ4n) is 1.63. The Balaban J connectivity index is 2.13. The maximum Gasteiger partial charge on any atom is 0.381 e. The van der Waals surface area contributed by atoms with Crippen LogP contribution in [0, 0.1) is 5.41 Å². The summed E-state index contributed by atoms with van der Waals surface area (Å²) in [5, 5.41) is 20.6. The first-order valence-electron chi connectivity index (χ1n) is 6.51. The minimum atomic E-state index is -0.852. The van der Waals surface area contributed by atoms with E-state index in [1.807, 2.05) is 0 Å². The second kappa shape index (κ2) is 7.37. The summed E-state index contributed by atoms with van der Waals surface area (Å²) in [4.78, 5) is 23.7. The Morgan fingerprint density at radius 2 is 2.08 bits per heavy atom. The number of amides is 1. The molecule has 0 unspecified atom stereocenters. The van der Waals surface area contributed by atoms with Crippen LogP contribution >= 0.6 is 11.3 Å². The van der Waals surface area contributed by atoms with Crippen molar-refractivity contribution in [1.29, 1.82) is 5.41 Å². The maximum absolute atomic E-state index is 12.1. The highest BCUT2D eigenvalue weighted by Crippen LogP contribution is 2.22. The van der Waals surface area contributed by atoms with Gasteiger partial charge in [0.1, 0.15) is 0 Å². The quantitative estimate of drug-likeness (QED) is 0.568. The number of anilines is 3. The number of nitrogens with zero attached hydrogens (tertiary/aromatic N) is 2. The van der Waals surface area contributed by atoms with Crippen LogP contribution in [0.15, 0.2) is 27.1 Å². The van der Waals surface area contributed by atoms with Crippen molar-refractivity contribution in [3.8, 4) is 5.75 Å². The lowest BCUT2D eigenvalue weighted by Crippen LogP contribution is -2.16. The molecule has 0 fully saturated rings. The molecule has 0 aliphatic heterocycles. The van der Waals surface area contributed by atoms with Crippen LogP contribution < -0.4 is 26.7 Å². The molecule has 5 N–H and O–H groups in total. The molecule has 0 saturated carbocycles. The third-order valence-corrected chi connectivity index (χ3v) is 3.40. The molecule has 2 aromatic heterocycles. The Bertz CT molecular complexity index is 856. The molecule has 10 nitrogen and oxygen atoms in total. The second-order valence-corrected chi connectivity index (χ2v) is 5.37. The largest absolute Gasteiger partial charge is 0.488 e. The zero-order valence-corrected chi connectivity index (χ0v) is 13.6. The van der Waals surface area contributed by atoms with E-state index in [9.17, 15) is 9.59 Å². The summed E-state index contributed by atoms with van der Waals surface area (Å²) >= 11 is 1.07. The summed E-state index contributed by atoms with van der Waals surface area (Å²) in [5.74, 6) is -1.14. The lowest BCUT2D eigenvalue weighted by Gasteiger charge is -2.04. The summed E-state index contributed by atoms with van der Waals surface area (Å²) in [6.45, 7) is 1.75. The van der Waals surface area contributed by atoms with E-state index >= 15 is 0 Å². The molecule has 1 amide bonds. The Morgan fingerprint density at radius 1 is 1.42 bits per heavy atom. The second-order valence-electron chi connectivity index (χ2n) is 4.39. The number of hydrogen-bond acceptors (Lipinski definition) is 10. The van der Waals surface area contributed by atoms with Crippen molar-refractivity contribution in [2.24, 2.45) is 0 Å². The van der Waals surface area contributed by atoms with Crippen molar-refractivity contribution in [3.05, 3.63) is 34.0 Å². The monoisotopic (exact) mass is 350 g/mol. The molecule has 2 aromatic rings. The van der Waals surface area contributed by atoms with E-state index in [0.29, 0.717) is 10.8 Å². The van der Waals surface area contributed by atoms with Crippen molar-refractivity contribution in [2.75, 3.05) is 23.5 Å². The van der Waals surface area contributed by atoms with Gasteiger partial charge in [-0.15, -0.1) is 10.2 Å². The predicted molar refractivity (Wildman–Crippen MR) is 90.0 cm³/mol. The van der Waals surface area contributed by atoms with Gasteiger partial charge in [0.2, 0.25) is 16.0 Å². The first-order chi connectivity index (χ1) is 11.4. The lowest BCUT2D eigenvalue weighted by atomic mass is 10.3. The van der Waals surface area contributed by atoms with Crippen LogP contribution in [-0.4, -0.2) is 29.4 Å². The molecule has 0 aliphatic rings. The van der Waals surface area contributed by atoms with Gasteiger partial charge in [0, 0.05) is 18.0 Å². The fourth-order valence-corrected chi connectivity index (χ4v) is 2.33. The van der Waals surface area contributed by atoms with E-state index in [1.165, 1.54) is 19.3 Å². The molecule has 0 aromatic carbocycles. The molecule has 2 heterocycles. The number of rotatable bonds is 6. The number of aromatic nitrogens is 2. The number of nitrogen functional groups attached to an aromatic ring is 1. The van der Waals surface area contributed by atoms with Crippen molar-refractivity contribution < 1.29 is 13.9 Å². The number of carbonyl (C=O) groups excluding carboxylic acids is 1. The minimum absolute atomic E-state index is 0.00840. The third-order valence-electron chi connectivity index (χ3n) is 2.65. The summed E-state index contributed by atoms with van der Waals surface area (Å²) in [5.41, 5.74) is 5.45. The minimum Gasteiger partial charge on any atom is -0.488 e. The van der Waals surface area contributed by atoms with E-state index in [2.05, 4.69) is 20.8 Å². The molecule has 0 radical (unpaired) electrons. The van der Waals surface area contributed by atoms with Crippen LogP contribution in [-0.2, 0) is 0 Å². The number of allylic oxidation sites excluding steroid dienone is 2. The maximum atomic E-state index is 12.1. The van der Waals surface area contributed by atoms with Gasteiger partial charge in [0.25, 0.3) is 5.91 Å². The molecule has 2 rings (SSSR count). The zero-order chi connectivity index (χ0) is 17.7. The van der Waals surface area contributed by atoms with Crippen LogP contribution in [0.3, 0.4) is 0 Å². The van der Waals surface area contributed by atoms with Crippen molar-refractivity contribution in [2.45, 2.75) is 6.92 Å². The van der Waals surface area contributed by atoms with E-state index in [4.69, 9.17) is 20.3 Å². The van der Waals surface area contributed by atoms with Gasteiger partial charge in [-0.25, -0.2) is 4.79 Å². The number of nitrogens with one attached hydrogen (secondary N) is 3. The highest BCUT2D eigenvalue weighted by atomic mass is 32.1. The standard InChI is InChI=1S/C13H14N6O4S/c1-6(3-4-14)16-12-18-19-13(24-12)17-10(20)8-5-7(15)9(22-2)11(21)23-8/h3-5,14H,15H2,1-2H3,(H,16,18)(H,17,19,20)/b6-3-,14-4?. The number of carbonyl (C=O) groups is 1. The molecular formula is C13H14N6O4S. The van der Waals surface area contributed by atoms with E-state index in [0.717, 1.165) is 17.6 Å². The summed E-state index contributed by atoms with van der Waals surface area (Å²) in [6.07, 6.45) is 2.66. The predicted octanol–water partition coefficient (Wildman–Crippen LogP) is 1.30. The van der Waals surface area contributed by atoms with Gasteiger partial charge < -0.3 is 25.6 Å². The molecule has 126 valence electrons. The van der Waals surface area contributed by atoms with Crippen LogP contribution in [0.1, 0.15) is 17.5 Å². The van der Waals surface area contributed by atoms with Gasteiger partial charge in [-0.05, 0) is 13.0 Å². The molecule has 0 bridgehead atoms. The van der Waals surface area contributed by atoms with E-state index in [-0.39, 0.29) is 22.3 Å². The van der Waals surface area contributed by atoms with Crippen LogP contribution in [0.4, 0.5) is 16.0 Å². The van der Waals surface area contributed by atoms with E-state index in [1.54, 1.807) is 6.92 Å². The Morgan fingerprint density at radius 3 is 2.67 bits per heavy atom. The average molecular weight is 350 g/mol. The zero-order valence-electron chi connectivity index (χ0n) is 12.7. The first-order valence-corrected chi connectivity index (χ1v) is 7.33. The SMILES string of the molecule is COc1c(N)cc(C(=O)Nc2nnc(N/C(C)=C\C=N)s2)oc1=O. The summed E-state index contributed by atoms with van der Waals surface area (Å²) in [6, 6.07) is 1.19. The Labute approximate surface area is 139 Å². The van der Waals surface area contributed by atoms with Gasteiger partial charge in [-0.3, -0.25) is 10.1 Å². The van der Waals surface area contributed by atoms with Gasteiger partial charge in [-0.2, -0.15) is 0 Å². The van der Waals surface area contributed by atoms with Crippen molar-refractivity contribution in [1.82, 2.24) is 10.2 Å². The van der Waals surface area contributed by atoms with Crippen LogP contribution in [0.2, 0.25) is 0 Å². The Hall–Kier alpha value is -3.21.